The summed E-state index contributed by atoms with van der Waals surface area (Å²) in [6, 6.07) is 11.5. The first-order valence-electron chi connectivity index (χ1n) is 8.96. The third kappa shape index (κ3) is 5.22. The first-order valence-corrected chi connectivity index (χ1v) is 9.33. The Kier molecular flexibility index (Phi) is 6.75. The lowest BCUT2D eigenvalue weighted by Crippen LogP contribution is -2.21. The van der Waals surface area contributed by atoms with Crippen molar-refractivity contribution in [3.8, 4) is 17.3 Å². The highest BCUT2D eigenvalue weighted by Gasteiger charge is 2.38. The van der Waals surface area contributed by atoms with Crippen molar-refractivity contribution in [2.24, 2.45) is 0 Å². The summed E-state index contributed by atoms with van der Waals surface area (Å²) in [6.07, 6.45) is 2.22. The molecule has 0 bridgehead atoms. The van der Waals surface area contributed by atoms with Gasteiger partial charge in [0.2, 0.25) is 0 Å². The number of hydrogen-bond donors (Lipinski definition) is 2. The van der Waals surface area contributed by atoms with E-state index in [1.54, 1.807) is 10.9 Å². The molecule has 0 aliphatic heterocycles. The van der Waals surface area contributed by atoms with E-state index in [1.165, 1.54) is 6.33 Å². The second-order valence-electron chi connectivity index (χ2n) is 6.41. The number of carbonyl (C=O) groups is 1. The number of alkyl halides is 3. The molecule has 0 aliphatic carbocycles. The van der Waals surface area contributed by atoms with Crippen molar-refractivity contribution in [2.45, 2.75) is 18.6 Å². The average Bonchev–Trinajstić information content (AvgIpc) is 3.41. The van der Waals surface area contributed by atoms with Crippen LogP contribution in [0.2, 0.25) is 5.02 Å². The molecule has 0 saturated carbocycles. The van der Waals surface area contributed by atoms with Crippen molar-refractivity contribution in [1.29, 1.82) is 5.26 Å². The molecule has 0 spiro atoms. The number of halogens is 4. The minimum atomic E-state index is -5.08. The number of nitriles is 1. The minimum Gasteiger partial charge on any atom is -0.475 e. The van der Waals surface area contributed by atoms with E-state index < -0.39 is 12.1 Å². The lowest BCUT2D eigenvalue weighted by molar-refractivity contribution is -0.192. The lowest BCUT2D eigenvalue weighted by Gasteiger charge is -2.15. The van der Waals surface area contributed by atoms with Crippen molar-refractivity contribution in [2.75, 3.05) is 0 Å². The molecule has 3 aromatic heterocycles. The number of aromatic nitrogens is 5. The van der Waals surface area contributed by atoms with Crippen LogP contribution in [0.15, 0.2) is 55.2 Å². The van der Waals surface area contributed by atoms with Crippen LogP contribution in [0.25, 0.3) is 22.3 Å². The second-order valence-corrected chi connectivity index (χ2v) is 6.84. The molecule has 4 aromatic rings. The summed E-state index contributed by atoms with van der Waals surface area (Å²) < 4.78 is 33.5. The van der Waals surface area contributed by atoms with E-state index in [9.17, 15) is 18.4 Å². The van der Waals surface area contributed by atoms with Gasteiger partial charge in [-0.2, -0.15) is 23.5 Å². The Labute approximate surface area is 183 Å². The van der Waals surface area contributed by atoms with Gasteiger partial charge in [0.25, 0.3) is 0 Å². The van der Waals surface area contributed by atoms with Crippen molar-refractivity contribution >= 4 is 28.6 Å². The fraction of sp³-hybridized carbons (Fsp3) is 0.150. The molecule has 32 heavy (non-hydrogen) atoms. The number of benzene rings is 1. The summed E-state index contributed by atoms with van der Waals surface area (Å²) in [5, 5.41) is 22.4. The Bertz CT molecular complexity index is 1280. The number of H-pyrrole nitrogens is 1. The van der Waals surface area contributed by atoms with Crippen LogP contribution in [0, 0.1) is 11.3 Å². The second kappa shape index (κ2) is 9.49. The van der Waals surface area contributed by atoms with Gasteiger partial charge >= 0.3 is 12.1 Å². The fourth-order valence-electron chi connectivity index (χ4n) is 2.90. The lowest BCUT2D eigenvalue weighted by atomic mass is 10.0. The molecular formula is C20H14ClF3N6O2. The summed E-state index contributed by atoms with van der Waals surface area (Å²) in [6.45, 7) is 0. The maximum Gasteiger partial charge on any atom is 0.490 e. The van der Waals surface area contributed by atoms with Crippen LogP contribution in [0.3, 0.4) is 0 Å². The highest BCUT2D eigenvalue weighted by molar-refractivity contribution is 6.30. The summed E-state index contributed by atoms with van der Waals surface area (Å²) in [5.41, 5.74) is 3.40. The van der Waals surface area contributed by atoms with Gasteiger partial charge in [-0.25, -0.2) is 14.8 Å². The van der Waals surface area contributed by atoms with Gasteiger partial charge in [0.15, 0.2) is 0 Å². The van der Waals surface area contributed by atoms with Crippen LogP contribution in [0.5, 0.6) is 0 Å². The van der Waals surface area contributed by atoms with Crippen LogP contribution in [-0.4, -0.2) is 42.0 Å². The van der Waals surface area contributed by atoms with Gasteiger partial charge in [0.1, 0.15) is 12.0 Å². The van der Waals surface area contributed by atoms with Crippen LogP contribution in [0.4, 0.5) is 13.2 Å². The number of fused-ring (bicyclic) bond motifs is 1. The van der Waals surface area contributed by atoms with E-state index in [0.717, 1.165) is 27.9 Å². The maximum atomic E-state index is 10.6. The standard InChI is InChI=1S/C18H13ClN6.C2HF3O2/c19-14-3-1-2-12(8-14)16(4-6-20)25-10-13(9-24-25)17-15-5-7-21-18(15)23-11-22-17;3-2(4,5)1(6)7/h1-3,5,7-11,16H,4H2,(H,21,22,23);(H,6,7). The number of nitrogens with zero attached hydrogens (tertiary/aromatic N) is 5. The molecule has 1 unspecified atom stereocenters. The van der Waals surface area contributed by atoms with Crippen molar-refractivity contribution in [3.05, 3.63) is 65.8 Å². The van der Waals surface area contributed by atoms with E-state index >= 15 is 0 Å². The van der Waals surface area contributed by atoms with Crippen molar-refractivity contribution < 1.29 is 23.1 Å². The molecular weight excluding hydrogens is 449 g/mol. The minimum absolute atomic E-state index is 0.207. The van der Waals surface area contributed by atoms with E-state index in [-0.39, 0.29) is 6.04 Å². The average molecular weight is 463 g/mol. The van der Waals surface area contributed by atoms with Crippen LogP contribution < -0.4 is 0 Å². The highest BCUT2D eigenvalue weighted by Crippen LogP contribution is 2.28. The Balaban J connectivity index is 0.000000360. The molecule has 12 heteroatoms. The number of carboxylic acid groups (broad SMARTS) is 1. The summed E-state index contributed by atoms with van der Waals surface area (Å²) in [5.74, 6) is -2.76. The predicted octanol–water partition coefficient (Wildman–Crippen LogP) is 4.61. The van der Waals surface area contributed by atoms with Gasteiger partial charge in [0, 0.05) is 28.4 Å². The Morgan fingerprint density at radius 1 is 1.31 bits per heavy atom. The smallest absolute Gasteiger partial charge is 0.475 e. The number of hydrogen-bond acceptors (Lipinski definition) is 5. The Morgan fingerprint density at radius 2 is 2.06 bits per heavy atom. The summed E-state index contributed by atoms with van der Waals surface area (Å²) in [4.78, 5) is 20.6. The number of carboxylic acids is 1. The molecule has 0 radical (unpaired) electrons. The van der Waals surface area contributed by atoms with Gasteiger partial charge in [0.05, 0.1) is 30.4 Å². The third-order valence-electron chi connectivity index (χ3n) is 4.31. The molecule has 1 atom stereocenters. The first-order chi connectivity index (χ1) is 15.2. The third-order valence-corrected chi connectivity index (χ3v) is 4.54. The zero-order chi connectivity index (χ0) is 23.3. The molecule has 0 amide bonds. The van der Waals surface area contributed by atoms with E-state index in [2.05, 4.69) is 26.1 Å². The van der Waals surface area contributed by atoms with Gasteiger partial charge < -0.3 is 10.1 Å². The molecule has 164 valence electrons. The number of rotatable bonds is 4. The monoisotopic (exact) mass is 462 g/mol. The Morgan fingerprint density at radius 3 is 2.72 bits per heavy atom. The van der Waals surface area contributed by atoms with Crippen LogP contribution in [0.1, 0.15) is 18.0 Å². The van der Waals surface area contributed by atoms with E-state index in [4.69, 9.17) is 21.5 Å². The molecule has 1 aromatic carbocycles. The first kappa shape index (κ1) is 22.8. The highest BCUT2D eigenvalue weighted by atomic mass is 35.5. The van der Waals surface area contributed by atoms with E-state index in [1.807, 2.05) is 42.7 Å². The SMILES string of the molecule is N#CCC(c1cccc(Cl)c1)n1cc(-c2ncnc3[nH]ccc23)cn1.O=C(O)C(F)(F)F. The van der Waals surface area contributed by atoms with Gasteiger partial charge in [-0.3, -0.25) is 4.68 Å². The number of aliphatic carboxylic acids is 1. The number of nitrogens with one attached hydrogen (secondary N) is 1. The normalized spacial score (nSPS) is 12.0. The molecule has 2 N–H and O–H groups in total. The predicted molar refractivity (Wildman–Crippen MR) is 109 cm³/mol. The van der Waals surface area contributed by atoms with Crippen LogP contribution in [-0.2, 0) is 4.79 Å². The topological polar surface area (TPSA) is 120 Å². The Hall–Kier alpha value is -3.91. The summed E-state index contributed by atoms with van der Waals surface area (Å²) >= 11 is 6.10. The quantitative estimate of drug-likeness (QED) is 0.457. The van der Waals surface area contributed by atoms with Gasteiger partial charge in [-0.1, -0.05) is 23.7 Å². The fourth-order valence-corrected chi connectivity index (χ4v) is 3.10. The molecule has 0 fully saturated rings. The molecule has 4 rings (SSSR count). The van der Waals surface area contributed by atoms with Crippen molar-refractivity contribution in [3.63, 3.8) is 0 Å². The zero-order valence-electron chi connectivity index (χ0n) is 16.1. The molecule has 0 saturated heterocycles. The molecule has 3 heterocycles. The molecule has 8 nitrogen and oxygen atoms in total. The van der Waals surface area contributed by atoms with Crippen LogP contribution >= 0.6 is 11.6 Å². The van der Waals surface area contributed by atoms with Gasteiger partial charge in [-0.05, 0) is 23.8 Å². The zero-order valence-corrected chi connectivity index (χ0v) is 16.8. The van der Waals surface area contributed by atoms with Crippen molar-refractivity contribution in [1.82, 2.24) is 24.7 Å². The number of aromatic amines is 1. The van der Waals surface area contributed by atoms with Gasteiger partial charge in [-0.15, -0.1) is 0 Å². The molecule has 0 aliphatic rings. The largest absolute Gasteiger partial charge is 0.490 e. The van der Waals surface area contributed by atoms with E-state index in [0.29, 0.717) is 11.4 Å². The maximum absolute atomic E-state index is 10.6. The summed E-state index contributed by atoms with van der Waals surface area (Å²) in [7, 11) is 0.